The monoisotopic (exact) mass is 224 g/mol. The number of hydrogen-bond acceptors (Lipinski definition) is 4. The smallest absolute Gasteiger partial charge is 0.0957 e. The fourth-order valence-electron chi connectivity index (χ4n) is 1.39. The van der Waals surface area contributed by atoms with Gasteiger partial charge in [-0.25, -0.2) is 0 Å². The maximum Gasteiger partial charge on any atom is 0.0957 e. The molecule has 1 N–H and O–H groups in total. The Hall–Kier alpha value is -1.13. The maximum atomic E-state index is 9.60. The number of anilines is 1. The van der Waals surface area contributed by atoms with Crippen molar-refractivity contribution in [2.24, 2.45) is 0 Å². The molecule has 0 aliphatic rings. The van der Waals surface area contributed by atoms with Gasteiger partial charge in [-0.3, -0.25) is 4.98 Å². The summed E-state index contributed by atoms with van der Waals surface area (Å²) >= 11 is 0. The fourth-order valence-corrected chi connectivity index (χ4v) is 1.39. The summed E-state index contributed by atoms with van der Waals surface area (Å²) in [6.07, 6.45) is 2.01. The van der Waals surface area contributed by atoms with Gasteiger partial charge < -0.3 is 14.7 Å². The Morgan fingerprint density at radius 3 is 2.75 bits per heavy atom. The highest BCUT2D eigenvalue weighted by atomic mass is 16.5. The van der Waals surface area contributed by atoms with Crippen LogP contribution in [0.3, 0.4) is 0 Å². The van der Waals surface area contributed by atoms with Crippen LogP contribution in [0.2, 0.25) is 0 Å². The molecule has 1 aromatic rings. The summed E-state index contributed by atoms with van der Waals surface area (Å²) in [7, 11) is 3.68. The van der Waals surface area contributed by atoms with Gasteiger partial charge in [0.15, 0.2) is 0 Å². The van der Waals surface area contributed by atoms with Gasteiger partial charge in [-0.05, 0) is 18.6 Å². The first kappa shape index (κ1) is 12.9. The van der Waals surface area contributed by atoms with E-state index in [1.807, 2.05) is 26.1 Å². The Balaban J connectivity index is 2.63. The largest absolute Gasteiger partial charge is 0.387 e. The van der Waals surface area contributed by atoms with Crippen molar-refractivity contribution in [2.45, 2.75) is 19.4 Å². The molecule has 0 spiro atoms. The van der Waals surface area contributed by atoms with E-state index in [-0.39, 0.29) is 0 Å². The van der Waals surface area contributed by atoms with Gasteiger partial charge in [-0.2, -0.15) is 0 Å². The van der Waals surface area contributed by atoms with Gasteiger partial charge in [0.2, 0.25) is 0 Å². The highest BCUT2D eigenvalue weighted by Crippen LogP contribution is 2.17. The van der Waals surface area contributed by atoms with Gasteiger partial charge in [-0.1, -0.05) is 6.92 Å². The highest BCUT2D eigenvalue weighted by Gasteiger charge is 2.07. The maximum absolute atomic E-state index is 9.60. The number of methoxy groups -OCH3 is 1. The highest BCUT2D eigenvalue weighted by molar-refractivity contribution is 5.43. The standard InChI is InChI=1S/C12H20N2O2/c1-4-12(15)11-6-5-10(9-13-11)14(2)7-8-16-3/h5-6,9,12,15H,4,7-8H2,1-3H3. The lowest BCUT2D eigenvalue weighted by Gasteiger charge is -2.18. The third-order valence-electron chi connectivity index (χ3n) is 2.57. The number of hydrogen-bond donors (Lipinski definition) is 1. The molecule has 0 radical (unpaired) electrons. The molecule has 1 heterocycles. The topological polar surface area (TPSA) is 45.6 Å². The zero-order chi connectivity index (χ0) is 12.0. The van der Waals surface area contributed by atoms with E-state index in [2.05, 4.69) is 9.88 Å². The molecule has 1 unspecified atom stereocenters. The minimum Gasteiger partial charge on any atom is -0.387 e. The molecule has 0 bridgehead atoms. The lowest BCUT2D eigenvalue weighted by molar-refractivity contribution is 0.169. The van der Waals surface area contributed by atoms with Crippen LogP contribution < -0.4 is 4.90 Å². The molecule has 0 amide bonds. The number of pyridine rings is 1. The number of aromatic nitrogens is 1. The first-order valence-corrected chi connectivity index (χ1v) is 5.53. The summed E-state index contributed by atoms with van der Waals surface area (Å²) in [4.78, 5) is 6.31. The normalized spacial score (nSPS) is 12.5. The van der Waals surface area contributed by atoms with Crippen LogP contribution in [0, 0.1) is 0 Å². The summed E-state index contributed by atoms with van der Waals surface area (Å²) in [5.41, 5.74) is 1.76. The van der Waals surface area contributed by atoms with Crippen LogP contribution in [-0.2, 0) is 4.74 Å². The Kier molecular flexibility index (Phi) is 5.22. The molecule has 0 aliphatic carbocycles. The number of ether oxygens (including phenoxy) is 1. The third-order valence-corrected chi connectivity index (χ3v) is 2.57. The van der Waals surface area contributed by atoms with Gasteiger partial charge >= 0.3 is 0 Å². The van der Waals surface area contributed by atoms with E-state index >= 15 is 0 Å². The third kappa shape index (κ3) is 3.47. The molecule has 1 aromatic heterocycles. The minimum absolute atomic E-state index is 0.460. The molecule has 4 nitrogen and oxygen atoms in total. The number of aliphatic hydroxyl groups is 1. The van der Waals surface area contributed by atoms with Crippen LogP contribution in [0.1, 0.15) is 25.1 Å². The zero-order valence-corrected chi connectivity index (χ0v) is 10.2. The summed E-state index contributed by atoms with van der Waals surface area (Å²) in [5, 5.41) is 9.60. The van der Waals surface area contributed by atoms with Crippen molar-refractivity contribution < 1.29 is 9.84 Å². The van der Waals surface area contributed by atoms with Crippen LogP contribution in [0.4, 0.5) is 5.69 Å². The Bertz CT molecular complexity index is 300. The quantitative estimate of drug-likeness (QED) is 0.797. The molecule has 16 heavy (non-hydrogen) atoms. The van der Waals surface area contributed by atoms with Crippen LogP contribution >= 0.6 is 0 Å². The minimum atomic E-state index is -0.460. The van der Waals surface area contributed by atoms with E-state index < -0.39 is 6.10 Å². The molecule has 4 heteroatoms. The van der Waals surface area contributed by atoms with Gasteiger partial charge in [-0.15, -0.1) is 0 Å². The second kappa shape index (κ2) is 6.45. The Morgan fingerprint density at radius 1 is 1.50 bits per heavy atom. The molecular formula is C12H20N2O2. The zero-order valence-electron chi connectivity index (χ0n) is 10.2. The average molecular weight is 224 g/mol. The average Bonchev–Trinajstić information content (AvgIpc) is 2.35. The van der Waals surface area contributed by atoms with Gasteiger partial charge in [0.25, 0.3) is 0 Å². The summed E-state index contributed by atoms with van der Waals surface area (Å²) in [6, 6.07) is 3.84. The first-order chi connectivity index (χ1) is 7.69. The summed E-state index contributed by atoms with van der Waals surface area (Å²) in [6.45, 7) is 3.45. The van der Waals surface area contributed by atoms with Gasteiger partial charge in [0, 0.05) is 20.7 Å². The molecule has 0 saturated heterocycles. The predicted molar refractivity (Wildman–Crippen MR) is 64.6 cm³/mol. The molecule has 0 aromatic carbocycles. The van der Waals surface area contributed by atoms with Crippen molar-refractivity contribution in [3.8, 4) is 0 Å². The van der Waals surface area contributed by atoms with E-state index in [0.717, 1.165) is 17.9 Å². The lowest BCUT2D eigenvalue weighted by atomic mass is 10.2. The van der Waals surface area contributed by atoms with Crippen LogP contribution in [0.15, 0.2) is 18.3 Å². The predicted octanol–water partition coefficient (Wildman–Crippen LogP) is 1.61. The van der Waals surface area contributed by atoms with Crippen molar-refractivity contribution in [3.05, 3.63) is 24.0 Å². The van der Waals surface area contributed by atoms with E-state index in [1.54, 1.807) is 13.3 Å². The van der Waals surface area contributed by atoms with Gasteiger partial charge in [0.05, 0.1) is 30.3 Å². The van der Waals surface area contributed by atoms with Crippen molar-refractivity contribution in [1.29, 1.82) is 0 Å². The van der Waals surface area contributed by atoms with E-state index in [0.29, 0.717) is 13.0 Å². The number of rotatable bonds is 6. The molecule has 90 valence electrons. The van der Waals surface area contributed by atoms with Crippen molar-refractivity contribution in [3.63, 3.8) is 0 Å². The summed E-state index contributed by atoms with van der Waals surface area (Å²) < 4.78 is 5.01. The van der Waals surface area contributed by atoms with Crippen LogP contribution in [0.25, 0.3) is 0 Å². The van der Waals surface area contributed by atoms with Crippen molar-refractivity contribution in [2.75, 3.05) is 32.2 Å². The number of aliphatic hydroxyl groups excluding tert-OH is 1. The van der Waals surface area contributed by atoms with Crippen LogP contribution in [-0.4, -0.2) is 37.4 Å². The van der Waals surface area contributed by atoms with E-state index in [4.69, 9.17) is 4.74 Å². The second-order valence-corrected chi connectivity index (χ2v) is 3.78. The number of nitrogens with zero attached hydrogens (tertiary/aromatic N) is 2. The van der Waals surface area contributed by atoms with Crippen LogP contribution in [0.5, 0.6) is 0 Å². The molecule has 1 atom stereocenters. The molecular weight excluding hydrogens is 204 g/mol. The van der Waals surface area contributed by atoms with Crippen molar-refractivity contribution in [1.82, 2.24) is 4.98 Å². The molecule has 0 aliphatic heterocycles. The SMILES string of the molecule is CCC(O)c1ccc(N(C)CCOC)cn1. The molecule has 1 rings (SSSR count). The van der Waals surface area contributed by atoms with Gasteiger partial charge in [0.1, 0.15) is 0 Å². The van der Waals surface area contributed by atoms with E-state index in [1.165, 1.54) is 0 Å². The Morgan fingerprint density at radius 2 is 2.25 bits per heavy atom. The van der Waals surface area contributed by atoms with E-state index in [9.17, 15) is 5.11 Å². The fraction of sp³-hybridized carbons (Fsp3) is 0.583. The number of likely N-dealkylation sites (N-methyl/N-ethyl adjacent to an activating group) is 1. The summed E-state index contributed by atoms with van der Waals surface area (Å²) in [5.74, 6) is 0. The lowest BCUT2D eigenvalue weighted by Crippen LogP contribution is -2.22. The Labute approximate surface area is 96.9 Å². The second-order valence-electron chi connectivity index (χ2n) is 3.78. The molecule has 0 saturated carbocycles. The molecule has 0 fully saturated rings. The first-order valence-electron chi connectivity index (χ1n) is 5.53. The van der Waals surface area contributed by atoms with Crippen molar-refractivity contribution >= 4 is 5.69 Å².